The van der Waals surface area contributed by atoms with Gasteiger partial charge in [0.25, 0.3) is 0 Å². The van der Waals surface area contributed by atoms with E-state index < -0.39 is 12.0 Å². The molecule has 6 nitrogen and oxygen atoms in total. The van der Waals surface area contributed by atoms with E-state index in [0.717, 1.165) is 22.3 Å². The van der Waals surface area contributed by atoms with E-state index in [-0.39, 0.29) is 0 Å². The number of nitrogens with one attached hydrogen (secondary N) is 2. The molecule has 0 aliphatic rings. The van der Waals surface area contributed by atoms with Gasteiger partial charge in [-0.05, 0) is 61.2 Å². The van der Waals surface area contributed by atoms with Gasteiger partial charge in [0.2, 0.25) is 0 Å². The number of allylic oxidation sites excluding steroid dienone is 1. The minimum atomic E-state index is -0.393. The topological polar surface area (TPSA) is 76.7 Å². The summed E-state index contributed by atoms with van der Waals surface area (Å²) in [5, 5.41) is 5.73. The number of esters is 1. The third-order valence-electron chi connectivity index (χ3n) is 5.10. The molecule has 0 radical (unpaired) electrons. The van der Waals surface area contributed by atoms with Crippen LogP contribution in [-0.4, -0.2) is 18.6 Å². The first kappa shape index (κ1) is 24.6. The minimum Gasteiger partial charge on any atom is -0.487 e. The second-order valence-corrected chi connectivity index (χ2v) is 7.71. The van der Waals surface area contributed by atoms with Gasteiger partial charge in [0.15, 0.2) is 0 Å². The average Bonchev–Trinajstić information content (AvgIpc) is 2.84. The lowest BCUT2D eigenvalue weighted by Crippen LogP contribution is -2.20. The molecule has 0 saturated heterocycles. The van der Waals surface area contributed by atoms with Crippen LogP contribution in [0.3, 0.4) is 0 Å². The molecule has 0 unspecified atom stereocenters. The first-order chi connectivity index (χ1) is 16.5. The summed E-state index contributed by atoms with van der Waals surface area (Å²) in [5.74, 6) is 0.133. The van der Waals surface area contributed by atoms with Crippen LogP contribution in [0.2, 0.25) is 0 Å². The van der Waals surface area contributed by atoms with Crippen molar-refractivity contribution in [3.8, 4) is 5.75 Å². The molecule has 0 saturated carbocycles. The SMILES string of the molecule is CCOC(=O)/C=C(/CC)c1ccc(OCc2ccccc2)c(NC(=O)Nc2ccc(C)cc2)c1. The molecule has 176 valence electrons. The predicted octanol–water partition coefficient (Wildman–Crippen LogP) is 6.57. The van der Waals surface area contributed by atoms with E-state index in [9.17, 15) is 9.59 Å². The second kappa shape index (κ2) is 12.3. The maximum atomic E-state index is 12.7. The molecule has 6 heteroatoms. The second-order valence-electron chi connectivity index (χ2n) is 7.71. The van der Waals surface area contributed by atoms with Gasteiger partial charge in [0.05, 0.1) is 12.3 Å². The molecule has 0 atom stereocenters. The lowest BCUT2D eigenvalue weighted by atomic mass is 10.0. The zero-order chi connectivity index (χ0) is 24.3. The number of carbonyl (C=O) groups excluding carboxylic acids is 2. The Morgan fingerprint density at radius 1 is 0.912 bits per heavy atom. The number of urea groups is 1. The minimum absolute atomic E-state index is 0.310. The molecule has 3 aromatic carbocycles. The third-order valence-corrected chi connectivity index (χ3v) is 5.10. The van der Waals surface area contributed by atoms with Crippen LogP contribution in [0.1, 0.15) is 37.0 Å². The highest BCUT2D eigenvalue weighted by Crippen LogP contribution is 2.31. The van der Waals surface area contributed by atoms with Crippen molar-refractivity contribution in [2.75, 3.05) is 17.2 Å². The summed E-state index contributed by atoms with van der Waals surface area (Å²) < 4.78 is 11.1. The predicted molar refractivity (Wildman–Crippen MR) is 136 cm³/mol. The van der Waals surface area contributed by atoms with Crippen molar-refractivity contribution in [1.82, 2.24) is 0 Å². The van der Waals surface area contributed by atoms with Crippen molar-refractivity contribution in [3.05, 3.63) is 95.6 Å². The zero-order valence-electron chi connectivity index (χ0n) is 19.8. The molecular formula is C28H30N2O4. The highest BCUT2D eigenvalue weighted by Gasteiger charge is 2.13. The summed E-state index contributed by atoms with van der Waals surface area (Å²) in [5.41, 5.74) is 4.90. The Kier molecular flexibility index (Phi) is 8.86. The van der Waals surface area contributed by atoms with Crippen molar-refractivity contribution >= 4 is 28.9 Å². The Morgan fingerprint density at radius 2 is 1.65 bits per heavy atom. The summed E-state index contributed by atoms with van der Waals surface area (Å²) in [6.07, 6.45) is 2.11. The number of rotatable bonds is 9. The fourth-order valence-electron chi connectivity index (χ4n) is 3.33. The number of hydrogen-bond donors (Lipinski definition) is 2. The fraction of sp³-hybridized carbons (Fsp3) is 0.214. The smallest absolute Gasteiger partial charge is 0.331 e. The lowest BCUT2D eigenvalue weighted by molar-refractivity contribution is -0.137. The van der Waals surface area contributed by atoms with E-state index in [0.29, 0.717) is 36.8 Å². The van der Waals surface area contributed by atoms with Gasteiger partial charge in [-0.15, -0.1) is 0 Å². The monoisotopic (exact) mass is 458 g/mol. The molecule has 0 bridgehead atoms. The average molecular weight is 459 g/mol. The molecule has 0 fully saturated rings. The molecule has 3 rings (SSSR count). The van der Waals surface area contributed by atoms with Crippen molar-refractivity contribution in [2.24, 2.45) is 0 Å². The highest BCUT2D eigenvalue weighted by atomic mass is 16.5. The van der Waals surface area contributed by atoms with Crippen LogP contribution in [0, 0.1) is 6.92 Å². The molecule has 2 N–H and O–H groups in total. The standard InChI is InChI=1S/C28H30N2O4/c1-4-22(18-27(31)33-5-2)23-13-16-26(34-19-21-9-7-6-8-10-21)25(17-23)30-28(32)29-24-14-11-20(3)12-15-24/h6-18H,4-5,19H2,1-3H3,(H2,29,30,32)/b22-18-. The van der Waals surface area contributed by atoms with Crippen molar-refractivity contribution in [2.45, 2.75) is 33.8 Å². The Balaban J connectivity index is 1.86. The van der Waals surface area contributed by atoms with Crippen molar-refractivity contribution in [1.29, 1.82) is 0 Å². The van der Waals surface area contributed by atoms with E-state index in [1.165, 1.54) is 6.08 Å². The van der Waals surface area contributed by atoms with Crippen LogP contribution in [0.15, 0.2) is 78.9 Å². The van der Waals surface area contributed by atoms with Crippen LogP contribution < -0.4 is 15.4 Å². The van der Waals surface area contributed by atoms with E-state index in [1.807, 2.05) is 80.6 Å². The van der Waals surface area contributed by atoms with E-state index in [2.05, 4.69) is 10.6 Å². The Bertz CT molecular complexity index is 1140. The first-order valence-corrected chi connectivity index (χ1v) is 11.3. The fourth-order valence-corrected chi connectivity index (χ4v) is 3.33. The molecule has 0 aliphatic carbocycles. The third kappa shape index (κ3) is 7.24. The largest absolute Gasteiger partial charge is 0.487 e. The van der Waals surface area contributed by atoms with Crippen molar-refractivity contribution in [3.63, 3.8) is 0 Å². The first-order valence-electron chi connectivity index (χ1n) is 11.3. The van der Waals surface area contributed by atoms with Gasteiger partial charge < -0.3 is 20.1 Å². The normalized spacial score (nSPS) is 11.0. The molecule has 34 heavy (non-hydrogen) atoms. The summed E-state index contributed by atoms with van der Waals surface area (Å²) >= 11 is 0. The van der Waals surface area contributed by atoms with Crippen LogP contribution in [-0.2, 0) is 16.1 Å². The summed E-state index contributed by atoms with van der Waals surface area (Å²) in [6.45, 7) is 6.38. The van der Waals surface area contributed by atoms with E-state index in [4.69, 9.17) is 9.47 Å². The number of benzene rings is 3. The number of ether oxygens (including phenoxy) is 2. The molecular weight excluding hydrogens is 428 g/mol. The van der Waals surface area contributed by atoms with Crippen LogP contribution in [0.5, 0.6) is 5.75 Å². The lowest BCUT2D eigenvalue weighted by Gasteiger charge is -2.16. The zero-order valence-corrected chi connectivity index (χ0v) is 19.8. The molecule has 0 spiro atoms. The maximum Gasteiger partial charge on any atom is 0.331 e. The quantitative estimate of drug-likeness (QED) is 0.281. The van der Waals surface area contributed by atoms with E-state index in [1.54, 1.807) is 13.0 Å². The number of carbonyl (C=O) groups is 2. The van der Waals surface area contributed by atoms with Gasteiger partial charge in [-0.1, -0.05) is 61.0 Å². The van der Waals surface area contributed by atoms with Gasteiger partial charge in [-0.25, -0.2) is 9.59 Å². The number of anilines is 2. The highest BCUT2D eigenvalue weighted by molar-refractivity contribution is 6.01. The number of hydrogen-bond acceptors (Lipinski definition) is 4. The van der Waals surface area contributed by atoms with Gasteiger partial charge in [0.1, 0.15) is 12.4 Å². The molecule has 0 heterocycles. The Morgan fingerprint density at radius 3 is 2.32 bits per heavy atom. The van der Waals surface area contributed by atoms with Crippen LogP contribution in [0.4, 0.5) is 16.2 Å². The van der Waals surface area contributed by atoms with Crippen LogP contribution >= 0.6 is 0 Å². The number of amides is 2. The van der Waals surface area contributed by atoms with Crippen LogP contribution in [0.25, 0.3) is 5.57 Å². The van der Waals surface area contributed by atoms with Crippen molar-refractivity contribution < 1.29 is 19.1 Å². The molecule has 2 amide bonds. The summed E-state index contributed by atoms with van der Waals surface area (Å²) in [6, 6.07) is 22.4. The van der Waals surface area contributed by atoms with Gasteiger partial charge in [0, 0.05) is 11.8 Å². The Hall–Kier alpha value is -4.06. The Labute approximate surface area is 200 Å². The molecule has 3 aromatic rings. The summed E-state index contributed by atoms with van der Waals surface area (Å²) in [4.78, 5) is 24.7. The van der Waals surface area contributed by atoms with Gasteiger partial charge in [-0.3, -0.25) is 0 Å². The number of aryl methyl sites for hydroxylation is 1. The van der Waals surface area contributed by atoms with E-state index >= 15 is 0 Å². The van der Waals surface area contributed by atoms with Gasteiger partial charge in [-0.2, -0.15) is 0 Å². The van der Waals surface area contributed by atoms with Gasteiger partial charge >= 0.3 is 12.0 Å². The molecule has 0 aromatic heterocycles. The summed E-state index contributed by atoms with van der Waals surface area (Å²) in [7, 11) is 0. The molecule has 0 aliphatic heterocycles. The maximum absolute atomic E-state index is 12.7.